The van der Waals surface area contributed by atoms with Gasteiger partial charge in [-0.1, -0.05) is 89.6 Å². The lowest BCUT2D eigenvalue weighted by Crippen LogP contribution is -2.64. The average Bonchev–Trinajstić information content (AvgIpc) is 2.84. The van der Waals surface area contributed by atoms with Crippen LogP contribution >= 0.6 is 15.9 Å². The first-order chi connectivity index (χ1) is 15.9. The van der Waals surface area contributed by atoms with E-state index in [1.165, 1.54) is 0 Å². The highest BCUT2D eigenvalue weighted by Crippen LogP contribution is 2.20. The fraction of sp³-hybridized carbons (Fsp3) is 0.192. The molecule has 170 valence electrons. The number of halogens is 1. The maximum atomic E-state index is 13.4. The zero-order chi connectivity index (χ0) is 23.7. The second-order valence-corrected chi connectivity index (χ2v) is 8.65. The number of hydrogen-bond acceptors (Lipinski definition) is 3. The third kappa shape index (κ3) is 6.29. The van der Waals surface area contributed by atoms with Crippen LogP contribution in [0.1, 0.15) is 18.9 Å². The molecule has 0 heterocycles. The molecule has 3 amide bonds. The number of nitrogens with one attached hydrogen (secondary N) is 3. The lowest BCUT2D eigenvalue weighted by atomic mass is 9.92. The number of benzene rings is 3. The molecular formula is C26H26BrN3O3. The Kier molecular flexibility index (Phi) is 8.38. The Labute approximate surface area is 201 Å². The van der Waals surface area contributed by atoms with E-state index in [0.717, 1.165) is 5.56 Å². The van der Waals surface area contributed by atoms with Gasteiger partial charge in [-0.05, 0) is 42.7 Å². The third-order valence-electron chi connectivity index (χ3n) is 5.25. The van der Waals surface area contributed by atoms with Gasteiger partial charge in [-0.3, -0.25) is 14.4 Å². The van der Waals surface area contributed by atoms with Gasteiger partial charge in [-0.2, -0.15) is 0 Å². The van der Waals surface area contributed by atoms with Crippen LogP contribution in [0, 0.1) is 0 Å². The lowest BCUT2D eigenvalue weighted by molar-refractivity contribution is -0.138. The van der Waals surface area contributed by atoms with E-state index < -0.39 is 28.1 Å². The first kappa shape index (κ1) is 24.2. The fourth-order valence-corrected chi connectivity index (χ4v) is 3.84. The molecule has 0 fully saturated rings. The summed E-state index contributed by atoms with van der Waals surface area (Å²) in [6, 6.07) is 27.2. The SMILES string of the molecule is CCC(NC(=O)[C@H](Br)Cc1ccccc1)(C(=O)Nc1ccccc1)C(=O)Nc1ccccc1. The molecule has 3 aromatic carbocycles. The number of hydrogen-bond donors (Lipinski definition) is 3. The molecule has 0 saturated carbocycles. The van der Waals surface area contributed by atoms with Crippen LogP contribution in [0.3, 0.4) is 0 Å². The molecular weight excluding hydrogens is 482 g/mol. The Hall–Kier alpha value is -3.45. The van der Waals surface area contributed by atoms with Gasteiger partial charge in [-0.15, -0.1) is 0 Å². The monoisotopic (exact) mass is 507 g/mol. The molecule has 3 N–H and O–H groups in total. The summed E-state index contributed by atoms with van der Waals surface area (Å²) in [5.41, 5.74) is 0.202. The van der Waals surface area contributed by atoms with Gasteiger partial charge in [0, 0.05) is 11.4 Å². The standard InChI is InChI=1S/C26H26BrN3O3/c1-2-26(24(32)28-20-14-8-4-9-15-20,25(33)29-21-16-10-5-11-17-21)30-23(31)22(27)18-19-12-6-3-7-13-19/h3-17,22H,2,18H2,1H3,(H,28,32)(H,29,33)(H,30,31)/t22-/m1/s1. The second-order valence-electron chi connectivity index (χ2n) is 7.55. The van der Waals surface area contributed by atoms with E-state index in [1.807, 2.05) is 42.5 Å². The maximum Gasteiger partial charge on any atom is 0.259 e. The normalized spacial score (nSPS) is 11.8. The van der Waals surface area contributed by atoms with Gasteiger partial charge >= 0.3 is 0 Å². The van der Waals surface area contributed by atoms with Crippen molar-refractivity contribution in [1.82, 2.24) is 5.32 Å². The fourth-order valence-electron chi connectivity index (χ4n) is 3.35. The zero-order valence-electron chi connectivity index (χ0n) is 18.3. The quantitative estimate of drug-likeness (QED) is 0.293. The van der Waals surface area contributed by atoms with Gasteiger partial charge < -0.3 is 16.0 Å². The summed E-state index contributed by atoms with van der Waals surface area (Å²) in [6.45, 7) is 1.69. The first-order valence-electron chi connectivity index (χ1n) is 10.7. The lowest BCUT2D eigenvalue weighted by Gasteiger charge is -2.32. The minimum atomic E-state index is -1.81. The van der Waals surface area contributed by atoms with Crippen LogP contribution in [-0.2, 0) is 20.8 Å². The number of anilines is 2. The summed E-state index contributed by atoms with van der Waals surface area (Å²) in [6.07, 6.45) is 0.466. The Morgan fingerprint density at radius 3 is 1.61 bits per heavy atom. The molecule has 6 nitrogen and oxygen atoms in total. The summed E-state index contributed by atoms with van der Waals surface area (Å²) < 4.78 is 0. The molecule has 7 heteroatoms. The van der Waals surface area contributed by atoms with Gasteiger partial charge in [0.1, 0.15) is 0 Å². The molecule has 0 aromatic heterocycles. The molecule has 33 heavy (non-hydrogen) atoms. The number of carbonyl (C=O) groups excluding carboxylic acids is 3. The van der Waals surface area contributed by atoms with E-state index in [9.17, 15) is 14.4 Å². The van der Waals surface area contributed by atoms with Crippen LogP contribution < -0.4 is 16.0 Å². The predicted molar refractivity (Wildman–Crippen MR) is 134 cm³/mol. The summed E-state index contributed by atoms with van der Waals surface area (Å²) >= 11 is 3.42. The predicted octanol–water partition coefficient (Wildman–Crippen LogP) is 4.54. The third-order valence-corrected chi connectivity index (χ3v) is 5.99. The minimum Gasteiger partial charge on any atom is -0.333 e. The highest BCUT2D eigenvalue weighted by atomic mass is 79.9. The van der Waals surface area contributed by atoms with E-state index in [0.29, 0.717) is 17.8 Å². The highest BCUT2D eigenvalue weighted by molar-refractivity contribution is 9.10. The van der Waals surface area contributed by atoms with Gasteiger partial charge in [0.25, 0.3) is 11.8 Å². The molecule has 0 bridgehead atoms. The van der Waals surface area contributed by atoms with E-state index in [-0.39, 0.29) is 6.42 Å². The van der Waals surface area contributed by atoms with Crippen molar-refractivity contribution in [2.45, 2.75) is 30.1 Å². The van der Waals surface area contributed by atoms with Crippen molar-refractivity contribution in [2.75, 3.05) is 10.6 Å². The average molecular weight is 508 g/mol. The molecule has 0 aliphatic heterocycles. The maximum absolute atomic E-state index is 13.4. The Balaban J connectivity index is 1.86. The molecule has 0 unspecified atom stereocenters. The first-order valence-corrected chi connectivity index (χ1v) is 11.6. The van der Waals surface area contributed by atoms with Crippen molar-refractivity contribution in [1.29, 1.82) is 0 Å². The minimum absolute atomic E-state index is 0.0567. The Morgan fingerprint density at radius 1 is 0.758 bits per heavy atom. The van der Waals surface area contributed by atoms with Crippen molar-refractivity contribution in [3.63, 3.8) is 0 Å². The van der Waals surface area contributed by atoms with Gasteiger partial charge in [0.15, 0.2) is 5.54 Å². The van der Waals surface area contributed by atoms with Crippen LogP contribution in [0.25, 0.3) is 0 Å². The van der Waals surface area contributed by atoms with Gasteiger partial charge in [-0.25, -0.2) is 0 Å². The molecule has 0 aliphatic carbocycles. The Morgan fingerprint density at radius 2 is 1.18 bits per heavy atom. The number of amides is 3. The molecule has 0 spiro atoms. The summed E-state index contributed by atoms with van der Waals surface area (Å²) in [4.78, 5) is 39.3. The highest BCUT2D eigenvalue weighted by Gasteiger charge is 2.46. The van der Waals surface area contributed by atoms with Crippen molar-refractivity contribution in [3.8, 4) is 0 Å². The topological polar surface area (TPSA) is 87.3 Å². The summed E-state index contributed by atoms with van der Waals surface area (Å²) in [5, 5.41) is 8.26. The largest absolute Gasteiger partial charge is 0.333 e. The van der Waals surface area contributed by atoms with Crippen molar-refractivity contribution in [3.05, 3.63) is 96.6 Å². The van der Waals surface area contributed by atoms with E-state index in [2.05, 4.69) is 31.9 Å². The number of rotatable bonds is 9. The summed E-state index contributed by atoms with van der Waals surface area (Å²) in [5.74, 6) is -1.68. The molecule has 3 rings (SSSR count). The van der Waals surface area contributed by atoms with Crippen LogP contribution in [0.15, 0.2) is 91.0 Å². The second kappa shape index (κ2) is 11.4. The Bertz CT molecular complexity index is 1020. The van der Waals surface area contributed by atoms with Crippen LogP contribution in [0.4, 0.5) is 11.4 Å². The zero-order valence-corrected chi connectivity index (χ0v) is 19.8. The van der Waals surface area contributed by atoms with E-state index in [1.54, 1.807) is 55.5 Å². The van der Waals surface area contributed by atoms with Crippen LogP contribution in [0.2, 0.25) is 0 Å². The number of para-hydroxylation sites is 2. The van der Waals surface area contributed by atoms with Crippen LogP contribution in [-0.4, -0.2) is 28.1 Å². The smallest absolute Gasteiger partial charge is 0.259 e. The summed E-state index contributed by atoms with van der Waals surface area (Å²) in [7, 11) is 0. The van der Waals surface area contributed by atoms with E-state index >= 15 is 0 Å². The van der Waals surface area contributed by atoms with Crippen molar-refractivity contribution < 1.29 is 14.4 Å². The molecule has 1 atom stereocenters. The molecule has 0 aliphatic rings. The molecule has 0 radical (unpaired) electrons. The molecule has 0 saturated heterocycles. The van der Waals surface area contributed by atoms with Crippen molar-refractivity contribution in [2.24, 2.45) is 0 Å². The number of carbonyl (C=O) groups is 3. The van der Waals surface area contributed by atoms with Gasteiger partial charge in [0.05, 0.1) is 4.83 Å². The van der Waals surface area contributed by atoms with E-state index in [4.69, 9.17) is 0 Å². The van der Waals surface area contributed by atoms with Gasteiger partial charge in [0.2, 0.25) is 5.91 Å². The molecule has 3 aromatic rings. The van der Waals surface area contributed by atoms with Crippen molar-refractivity contribution >= 4 is 45.0 Å². The van der Waals surface area contributed by atoms with Crippen LogP contribution in [0.5, 0.6) is 0 Å². The number of alkyl halides is 1.